The Hall–Kier alpha value is -1.73. The summed E-state index contributed by atoms with van der Waals surface area (Å²) in [7, 11) is 0. The van der Waals surface area contributed by atoms with E-state index in [4.69, 9.17) is 9.98 Å². The molecule has 3 heteroatoms. The first-order valence-corrected chi connectivity index (χ1v) is 16.0. The van der Waals surface area contributed by atoms with Crippen LogP contribution in [-0.4, -0.2) is 11.4 Å². The van der Waals surface area contributed by atoms with Gasteiger partial charge in [-0.2, -0.15) is 0 Å². The largest absolute Gasteiger partial charge is 0.252 e. The van der Waals surface area contributed by atoms with Gasteiger partial charge in [0.15, 0.2) is 0 Å². The molecular weight excluding hydrogens is 519 g/mol. The van der Waals surface area contributed by atoms with Gasteiger partial charge in [0.05, 0.1) is 22.8 Å². The minimum atomic E-state index is 0. The Bertz CT molecular complexity index is 983. The first-order valence-electron chi connectivity index (χ1n) is 16.0. The molecule has 0 aliphatic carbocycles. The molecule has 0 fully saturated rings. The van der Waals surface area contributed by atoms with Crippen molar-refractivity contribution in [1.82, 2.24) is 0 Å². The first kappa shape index (κ1) is 35.3. The van der Waals surface area contributed by atoms with Gasteiger partial charge in [-0.05, 0) is 111 Å². The molecule has 0 spiro atoms. The van der Waals surface area contributed by atoms with Crippen LogP contribution in [0, 0.1) is 0 Å². The van der Waals surface area contributed by atoms with Crippen LogP contribution in [0.4, 0.5) is 11.4 Å². The molecule has 0 amide bonds. The fourth-order valence-electron chi connectivity index (χ4n) is 5.03. The maximum Gasteiger partial charge on any atom is 0.0639 e. The van der Waals surface area contributed by atoms with Crippen LogP contribution in [0.2, 0.25) is 0 Å². The van der Waals surface area contributed by atoms with Gasteiger partial charge >= 0.3 is 0 Å². The Morgan fingerprint density at radius 1 is 0.513 bits per heavy atom. The van der Waals surface area contributed by atoms with E-state index < -0.39 is 0 Å². The van der Waals surface area contributed by atoms with Crippen LogP contribution in [-0.2, 0) is 42.2 Å². The van der Waals surface area contributed by atoms with Gasteiger partial charge in [0.25, 0.3) is 0 Å². The number of aliphatic imine (C=N–C) groups is 2. The summed E-state index contributed by atoms with van der Waals surface area (Å²) in [5, 5.41) is 0. The van der Waals surface area contributed by atoms with E-state index in [9.17, 15) is 0 Å². The molecule has 2 nitrogen and oxygen atoms in total. The van der Waals surface area contributed by atoms with Crippen LogP contribution >= 0.6 is 0 Å². The summed E-state index contributed by atoms with van der Waals surface area (Å²) in [6.07, 6.45) is 18.8. The molecule has 2 rings (SSSR count). The van der Waals surface area contributed by atoms with E-state index in [0.29, 0.717) is 0 Å². The van der Waals surface area contributed by atoms with Crippen molar-refractivity contribution in [2.45, 2.75) is 144 Å². The van der Waals surface area contributed by atoms with Crippen molar-refractivity contribution >= 4 is 22.8 Å². The molecule has 0 N–H and O–H groups in total. The minimum absolute atomic E-state index is 0. The van der Waals surface area contributed by atoms with Crippen LogP contribution in [0.5, 0.6) is 0 Å². The molecule has 2 aromatic rings. The Balaban J connectivity index is 0.00000760. The third kappa shape index (κ3) is 13.0. The minimum Gasteiger partial charge on any atom is -0.252 e. The zero-order chi connectivity index (χ0) is 27.6. The van der Waals surface area contributed by atoms with E-state index in [1.54, 1.807) is 0 Å². The van der Waals surface area contributed by atoms with Gasteiger partial charge in [0.1, 0.15) is 0 Å². The molecule has 220 valence electrons. The van der Waals surface area contributed by atoms with Gasteiger partial charge in [-0.1, -0.05) is 92.2 Å². The summed E-state index contributed by atoms with van der Waals surface area (Å²) in [6.45, 7) is 13.6. The first-order chi connectivity index (χ1) is 18.6. The fourth-order valence-corrected chi connectivity index (χ4v) is 5.03. The topological polar surface area (TPSA) is 24.7 Å². The second kappa shape index (κ2) is 21.1. The van der Waals surface area contributed by atoms with Gasteiger partial charge in [0.2, 0.25) is 0 Å². The summed E-state index contributed by atoms with van der Waals surface area (Å²) in [5.41, 5.74) is 10.4. The summed E-state index contributed by atoms with van der Waals surface area (Å²) >= 11 is 0. The van der Waals surface area contributed by atoms with Crippen molar-refractivity contribution in [3.63, 3.8) is 0 Å². The Kier molecular flexibility index (Phi) is 19.1. The maximum absolute atomic E-state index is 5.34. The molecule has 0 aliphatic heterocycles. The predicted octanol–water partition coefficient (Wildman–Crippen LogP) is 11.5. The molecule has 0 atom stereocenters. The van der Waals surface area contributed by atoms with Crippen LogP contribution in [0.25, 0.3) is 0 Å². The zero-order valence-electron chi connectivity index (χ0n) is 26.0. The average molecular weight is 576 g/mol. The molecule has 0 heterocycles. The van der Waals surface area contributed by atoms with Gasteiger partial charge < -0.3 is 0 Å². The third-order valence-electron chi connectivity index (χ3n) is 7.54. The molecule has 2 aromatic carbocycles. The number of nitrogens with zero attached hydrogens (tertiary/aromatic N) is 2. The Morgan fingerprint density at radius 2 is 1.00 bits per heavy atom. The van der Waals surface area contributed by atoms with Gasteiger partial charge in [-0.15, -0.1) is 0 Å². The number of rotatable bonds is 19. The second-order valence-electron chi connectivity index (χ2n) is 10.9. The Labute approximate surface area is 251 Å². The average Bonchev–Trinajstić information content (AvgIpc) is 2.94. The van der Waals surface area contributed by atoms with Gasteiger partial charge in [0, 0.05) is 16.5 Å². The number of unbranched alkanes of at least 4 members (excludes halogenated alkanes) is 6. The Morgan fingerprint density at radius 3 is 1.49 bits per heavy atom. The van der Waals surface area contributed by atoms with Crippen LogP contribution in [0.15, 0.2) is 46.4 Å². The van der Waals surface area contributed by atoms with Crippen molar-refractivity contribution in [2.75, 3.05) is 0 Å². The molecule has 0 saturated heterocycles. The number of benzene rings is 2. The van der Waals surface area contributed by atoms with E-state index in [1.807, 2.05) is 0 Å². The second-order valence-corrected chi connectivity index (χ2v) is 10.9. The van der Waals surface area contributed by atoms with Crippen molar-refractivity contribution in [3.05, 3.63) is 58.7 Å². The fraction of sp³-hybridized carbons (Fsp3) is 0.611. The monoisotopic (exact) mass is 574 g/mol. The molecule has 0 saturated carbocycles. The van der Waals surface area contributed by atoms with E-state index >= 15 is 0 Å². The molecular formula is C36H56N2Ni. The predicted molar refractivity (Wildman–Crippen MR) is 171 cm³/mol. The van der Waals surface area contributed by atoms with E-state index in [0.717, 1.165) is 49.9 Å². The van der Waals surface area contributed by atoms with Crippen LogP contribution < -0.4 is 0 Å². The van der Waals surface area contributed by atoms with Crippen LogP contribution in [0.1, 0.15) is 141 Å². The number of aryl methyl sites for hydroxylation is 4. The molecule has 39 heavy (non-hydrogen) atoms. The third-order valence-corrected chi connectivity index (χ3v) is 7.54. The van der Waals surface area contributed by atoms with Crippen molar-refractivity contribution in [3.8, 4) is 0 Å². The van der Waals surface area contributed by atoms with E-state index in [-0.39, 0.29) is 16.5 Å². The molecule has 0 bridgehead atoms. The number of hydrogen-bond acceptors (Lipinski definition) is 2. The SMILES string of the molecule is CCCCCc1ccc(N=C(CCCC)C(CCCC)=Nc2cc(CC)cc(CC)c2)cc1CCCCC.[Ni]. The molecule has 0 unspecified atom stereocenters. The normalized spacial score (nSPS) is 12.1. The maximum atomic E-state index is 5.34. The zero-order valence-corrected chi connectivity index (χ0v) is 27.0. The van der Waals surface area contributed by atoms with Gasteiger partial charge in [-0.25, -0.2) is 0 Å². The van der Waals surface area contributed by atoms with Crippen molar-refractivity contribution in [1.29, 1.82) is 0 Å². The van der Waals surface area contributed by atoms with Gasteiger partial charge in [-0.3, -0.25) is 9.98 Å². The standard InChI is InChI=1S/C36H56N2.Ni/c1-7-13-17-19-31-23-24-33(28-32(31)20-18-14-8-2)37-35(21-15-9-3)36(22-16-10-4)38-34-26-29(11-5)25-30(12-6)27-34;/h23-28H,7-22H2,1-6H3;. The van der Waals surface area contributed by atoms with Crippen LogP contribution in [0.3, 0.4) is 0 Å². The summed E-state index contributed by atoms with van der Waals surface area (Å²) in [5.74, 6) is 0. The number of hydrogen-bond donors (Lipinski definition) is 0. The summed E-state index contributed by atoms with van der Waals surface area (Å²) in [6, 6.07) is 13.9. The van der Waals surface area contributed by atoms with Crippen molar-refractivity contribution in [2.24, 2.45) is 9.98 Å². The quantitative estimate of drug-likeness (QED) is 0.0904. The molecule has 0 aliphatic rings. The van der Waals surface area contributed by atoms with Crippen molar-refractivity contribution < 1.29 is 16.5 Å². The van der Waals surface area contributed by atoms with E-state index in [2.05, 4.69) is 77.9 Å². The summed E-state index contributed by atoms with van der Waals surface area (Å²) in [4.78, 5) is 10.6. The summed E-state index contributed by atoms with van der Waals surface area (Å²) < 4.78 is 0. The smallest absolute Gasteiger partial charge is 0.0639 e. The molecule has 0 aromatic heterocycles. The van der Waals surface area contributed by atoms with E-state index in [1.165, 1.54) is 97.9 Å². The molecule has 0 radical (unpaired) electrons.